The molecule has 110 valence electrons. The van der Waals surface area contributed by atoms with Crippen molar-refractivity contribution in [1.82, 2.24) is 9.88 Å². The minimum atomic E-state index is -0.305. The molecule has 0 atom stereocenters. The number of hydrogen-bond donors (Lipinski definition) is 1. The maximum absolute atomic E-state index is 13.2. The Morgan fingerprint density at radius 2 is 2.14 bits per heavy atom. The lowest BCUT2D eigenvalue weighted by Crippen LogP contribution is -2.27. The normalized spacial score (nSPS) is 10.2. The molecular formula is C16H18FN3O. The summed E-state index contributed by atoms with van der Waals surface area (Å²) in [6.07, 6.45) is 1.60. The molecule has 2 rings (SSSR count). The molecule has 0 bridgehead atoms. The fourth-order valence-corrected chi connectivity index (χ4v) is 2.04. The zero-order valence-electron chi connectivity index (χ0n) is 12.1. The molecule has 0 fully saturated rings. The highest BCUT2D eigenvalue weighted by atomic mass is 19.1. The lowest BCUT2D eigenvalue weighted by molar-refractivity contribution is 0.0779. The molecule has 1 aromatic heterocycles. The molecule has 0 spiro atoms. The van der Waals surface area contributed by atoms with Crippen LogP contribution in [-0.4, -0.2) is 29.4 Å². The number of amides is 1. The summed E-state index contributed by atoms with van der Waals surface area (Å²) >= 11 is 0. The third-order valence-corrected chi connectivity index (χ3v) is 3.02. The van der Waals surface area contributed by atoms with E-state index in [0.29, 0.717) is 12.2 Å². The average molecular weight is 287 g/mol. The van der Waals surface area contributed by atoms with E-state index in [0.717, 1.165) is 17.8 Å². The second kappa shape index (κ2) is 6.83. The lowest BCUT2D eigenvalue weighted by Gasteiger charge is -2.17. The Kier molecular flexibility index (Phi) is 4.87. The Morgan fingerprint density at radius 3 is 2.86 bits per heavy atom. The van der Waals surface area contributed by atoms with Crippen LogP contribution in [0.4, 0.5) is 10.1 Å². The largest absolute Gasteiger partial charge is 0.385 e. The van der Waals surface area contributed by atoms with E-state index in [9.17, 15) is 9.18 Å². The van der Waals surface area contributed by atoms with Gasteiger partial charge in [0, 0.05) is 32.0 Å². The standard InChI is InChI=1S/C16H18FN3O/c1-3-18-14-7-8-19-15(10-14)16(21)20(2)11-12-5-4-6-13(17)9-12/h4-10H,3,11H2,1-2H3,(H,18,19). The number of rotatable bonds is 5. The zero-order valence-corrected chi connectivity index (χ0v) is 12.1. The number of carbonyl (C=O) groups is 1. The second-order valence-corrected chi connectivity index (χ2v) is 4.75. The summed E-state index contributed by atoms with van der Waals surface area (Å²) in [7, 11) is 1.68. The van der Waals surface area contributed by atoms with Gasteiger partial charge in [-0.15, -0.1) is 0 Å². The van der Waals surface area contributed by atoms with Gasteiger partial charge in [0.1, 0.15) is 11.5 Å². The number of anilines is 1. The number of aromatic nitrogens is 1. The minimum absolute atomic E-state index is 0.195. The molecule has 0 aliphatic heterocycles. The van der Waals surface area contributed by atoms with Crippen molar-refractivity contribution in [3.8, 4) is 0 Å². The SMILES string of the molecule is CCNc1ccnc(C(=O)N(C)Cc2cccc(F)c2)c1. The van der Waals surface area contributed by atoms with Crippen molar-refractivity contribution in [3.63, 3.8) is 0 Å². The van der Waals surface area contributed by atoms with E-state index in [-0.39, 0.29) is 11.7 Å². The average Bonchev–Trinajstić information content (AvgIpc) is 2.47. The predicted octanol–water partition coefficient (Wildman–Crippen LogP) is 2.92. The van der Waals surface area contributed by atoms with Crippen LogP contribution in [0.3, 0.4) is 0 Å². The van der Waals surface area contributed by atoms with E-state index in [1.807, 2.05) is 13.0 Å². The molecule has 0 aliphatic rings. The Bertz CT molecular complexity index is 630. The van der Waals surface area contributed by atoms with Crippen molar-refractivity contribution in [3.05, 3.63) is 59.7 Å². The number of hydrogen-bond acceptors (Lipinski definition) is 3. The maximum atomic E-state index is 13.2. The molecule has 0 radical (unpaired) electrons. The van der Waals surface area contributed by atoms with Crippen LogP contribution in [0.5, 0.6) is 0 Å². The van der Waals surface area contributed by atoms with Gasteiger partial charge in [-0.2, -0.15) is 0 Å². The lowest BCUT2D eigenvalue weighted by atomic mass is 10.2. The molecule has 1 aromatic carbocycles. The van der Waals surface area contributed by atoms with Crippen molar-refractivity contribution in [2.24, 2.45) is 0 Å². The van der Waals surface area contributed by atoms with Crippen molar-refractivity contribution >= 4 is 11.6 Å². The van der Waals surface area contributed by atoms with Gasteiger partial charge in [0.15, 0.2) is 0 Å². The summed E-state index contributed by atoms with van der Waals surface area (Å²) < 4.78 is 13.2. The summed E-state index contributed by atoms with van der Waals surface area (Å²) in [5.41, 5.74) is 1.97. The molecule has 0 unspecified atom stereocenters. The Labute approximate surface area is 123 Å². The first-order valence-corrected chi connectivity index (χ1v) is 6.80. The van der Waals surface area contributed by atoms with Gasteiger partial charge in [-0.05, 0) is 36.8 Å². The number of nitrogens with one attached hydrogen (secondary N) is 1. The number of carbonyl (C=O) groups excluding carboxylic acids is 1. The van der Waals surface area contributed by atoms with Gasteiger partial charge in [-0.3, -0.25) is 9.78 Å². The minimum Gasteiger partial charge on any atom is -0.385 e. The fraction of sp³-hybridized carbons (Fsp3) is 0.250. The zero-order chi connectivity index (χ0) is 15.2. The number of halogens is 1. The van der Waals surface area contributed by atoms with Gasteiger partial charge in [0.25, 0.3) is 5.91 Å². The molecular weight excluding hydrogens is 269 g/mol. The van der Waals surface area contributed by atoms with Crippen molar-refractivity contribution < 1.29 is 9.18 Å². The van der Waals surface area contributed by atoms with Gasteiger partial charge in [-0.1, -0.05) is 12.1 Å². The van der Waals surface area contributed by atoms with Gasteiger partial charge in [0.2, 0.25) is 0 Å². The van der Waals surface area contributed by atoms with Crippen LogP contribution >= 0.6 is 0 Å². The topological polar surface area (TPSA) is 45.2 Å². The third-order valence-electron chi connectivity index (χ3n) is 3.02. The number of nitrogens with zero attached hydrogens (tertiary/aromatic N) is 2. The van der Waals surface area contributed by atoms with Crippen LogP contribution in [0.25, 0.3) is 0 Å². The summed E-state index contributed by atoms with van der Waals surface area (Å²) in [4.78, 5) is 17.9. The smallest absolute Gasteiger partial charge is 0.272 e. The molecule has 5 heteroatoms. The fourth-order valence-electron chi connectivity index (χ4n) is 2.04. The molecule has 1 amide bonds. The molecule has 0 aliphatic carbocycles. The molecule has 2 aromatic rings. The van der Waals surface area contributed by atoms with Crippen molar-refractivity contribution in [1.29, 1.82) is 0 Å². The van der Waals surface area contributed by atoms with E-state index in [1.165, 1.54) is 17.0 Å². The summed E-state index contributed by atoms with van der Waals surface area (Å²) in [5, 5.41) is 3.14. The quantitative estimate of drug-likeness (QED) is 0.919. The highest BCUT2D eigenvalue weighted by Crippen LogP contribution is 2.12. The van der Waals surface area contributed by atoms with Crippen molar-refractivity contribution in [2.45, 2.75) is 13.5 Å². The van der Waals surface area contributed by atoms with Gasteiger partial charge in [0.05, 0.1) is 0 Å². The molecule has 0 saturated heterocycles. The first-order chi connectivity index (χ1) is 10.1. The molecule has 4 nitrogen and oxygen atoms in total. The van der Waals surface area contributed by atoms with E-state index in [4.69, 9.17) is 0 Å². The van der Waals surface area contributed by atoms with E-state index in [2.05, 4.69) is 10.3 Å². The first-order valence-electron chi connectivity index (χ1n) is 6.80. The van der Waals surface area contributed by atoms with Crippen LogP contribution in [-0.2, 0) is 6.54 Å². The Morgan fingerprint density at radius 1 is 1.33 bits per heavy atom. The molecule has 0 saturated carbocycles. The molecule has 1 N–H and O–H groups in total. The predicted molar refractivity (Wildman–Crippen MR) is 80.6 cm³/mol. The van der Waals surface area contributed by atoms with Crippen LogP contribution < -0.4 is 5.32 Å². The Hall–Kier alpha value is -2.43. The van der Waals surface area contributed by atoms with E-state index in [1.54, 1.807) is 31.4 Å². The molecule has 21 heavy (non-hydrogen) atoms. The highest BCUT2D eigenvalue weighted by molar-refractivity contribution is 5.92. The van der Waals surface area contributed by atoms with Gasteiger partial charge < -0.3 is 10.2 Å². The monoisotopic (exact) mass is 287 g/mol. The van der Waals surface area contributed by atoms with Gasteiger partial charge in [-0.25, -0.2) is 4.39 Å². The summed E-state index contributed by atoms with van der Waals surface area (Å²) in [5.74, 6) is -0.500. The summed E-state index contributed by atoms with van der Waals surface area (Å²) in [6.45, 7) is 3.10. The van der Waals surface area contributed by atoms with Gasteiger partial charge >= 0.3 is 0 Å². The maximum Gasteiger partial charge on any atom is 0.272 e. The molecule has 1 heterocycles. The summed E-state index contributed by atoms with van der Waals surface area (Å²) in [6, 6.07) is 9.75. The number of benzene rings is 1. The van der Waals surface area contributed by atoms with Crippen LogP contribution in [0.15, 0.2) is 42.6 Å². The van der Waals surface area contributed by atoms with Crippen LogP contribution in [0.2, 0.25) is 0 Å². The van der Waals surface area contributed by atoms with E-state index < -0.39 is 0 Å². The number of pyridine rings is 1. The van der Waals surface area contributed by atoms with Crippen LogP contribution in [0.1, 0.15) is 23.0 Å². The Balaban J connectivity index is 2.10. The highest BCUT2D eigenvalue weighted by Gasteiger charge is 2.14. The third kappa shape index (κ3) is 4.02. The second-order valence-electron chi connectivity index (χ2n) is 4.75. The van der Waals surface area contributed by atoms with Crippen LogP contribution in [0, 0.1) is 5.82 Å². The first kappa shape index (κ1) is 15.0. The van der Waals surface area contributed by atoms with Crippen molar-refractivity contribution in [2.75, 3.05) is 18.9 Å². The van der Waals surface area contributed by atoms with E-state index >= 15 is 0 Å².